The Morgan fingerprint density at radius 1 is 0.967 bits per heavy atom. The van der Waals surface area contributed by atoms with Gasteiger partial charge in [0.25, 0.3) is 5.91 Å². The molecule has 1 N–H and O–H groups in total. The summed E-state index contributed by atoms with van der Waals surface area (Å²) in [6.07, 6.45) is 0. The molecule has 7 heteroatoms. The molecular formula is C23H21ClN2O4. The van der Waals surface area contributed by atoms with Gasteiger partial charge in [-0.15, -0.1) is 0 Å². The van der Waals surface area contributed by atoms with Gasteiger partial charge in [0.2, 0.25) is 5.91 Å². The third-order valence-corrected chi connectivity index (χ3v) is 4.49. The maximum Gasteiger partial charge on any atom is 0.257 e. The molecule has 0 saturated carbocycles. The fourth-order valence-electron chi connectivity index (χ4n) is 2.81. The van der Waals surface area contributed by atoms with Gasteiger partial charge in [-0.05, 0) is 42.5 Å². The maximum atomic E-state index is 12.9. The molecule has 30 heavy (non-hydrogen) atoms. The summed E-state index contributed by atoms with van der Waals surface area (Å²) in [6.45, 7) is -0.159. The Labute approximate surface area is 180 Å². The average molecular weight is 425 g/mol. The Morgan fingerprint density at radius 2 is 1.67 bits per heavy atom. The zero-order chi connectivity index (χ0) is 21.5. The number of benzene rings is 3. The van der Waals surface area contributed by atoms with Gasteiger partial charge in [0, 0.05) is 12.1 Å². The second-order valence-electron chi connectivity index (χ2n) is 6.47. The van der Waals surface area contributed by atoms with Crippen LogP contribution in [0.25, 0.3) is 0 Å². The molecule has 0 bridgehead atoms. The number of ether oxygens (including phenoxy) is 2. The lowest BCUT2D eigenvalue weighted by Crippen LogP contribution is -2.35. The van der Waals surface area contributed by atoms with Crippen molar-refractivity contribution in [3.8, 4) is 17.2 Å². The summed E-state index contributed by atoms with van der Waals surface area (Å²) in [7, 11) is 3.05. The minimum Gasteiger partial charge on any atom is -0.495 e. The summed E-state index contributed by atoms with van der Waals surface area (Å²) < 4.78 is 11.1. The van der Waals surface area contributed by atoms with Crippen LogP contribution in [0.1, 0.15) is 10.4 Å². The van der Waals surface area contributed by atoms with E-state index in [1.165, 1.54) is 12.0 Å². The molecule has 0 saturated heterocycles. The first-order valence-corrected chi connectivity index (χ1v) is 9.56. The first-order valence-electron chi connectivity index (χ1n) is 9.18. The van der Waals surface area contributed by atoms with Gasteiger partial charge < -0.3 is 19.7 Å². The Balaban J connectivity index is 1.70. The smallest absolute Gasteiger partial charge is 0.257 e. The highest BCUT2D eigenvalue weighted by Crippen LogP contribution is 2.28. The van der Waals surface area contributed by atoms with Crippen LogP contribution >= 0.6 is 11.6 Å². The number of amides is 2. The number of carbonyl (C=O) groups excluding carboxylic acids is 2. The molecule has 0 aliphatic heterocycles. The van der Waals surface area contributed by atoms with Gasteiger partial charge in [-0.1, -0.05) is 41.9 Å². The van der Waals surface area contributed by atoms with Crippen LogP contribution in [-0.2, 0) is 4.79 Å². The number of likely N-dealkylation sites (N-methyl/N-ethyl adjacent to an activating group) is 1. The maximum absolute atomic E-state index is 12.9. The van der Waals surface area contributed by atoms with E-state index in [0.717, 1.165) is 0 Å². The van der Waals surface area contributed by atoms with Gasteiger partial charge in [-0.25, -0.2) is 0 Å². The van der Waals surface area contributed by atoms with E-state index in [9.17, 15) is 9.59 Å². The molecular weight excluding hydrogens is 404 g/mol. The van der Waals surface area contributed by atoms with Crippen molar-refractivity contribution < 1.29 is 19.1 Å². The van der Waals surface area contributed by atoms with Crippen LogP contribution in [0.2, 0.25) is 5.02 Å². The fraction of sp³-hybridized carbons (Fsp3) is 0.130. The van der Waals surface area contributed by atoms with Crippen LogP contribution in [0.4, 0.5) is 5.69 Å². The van der Waals surface area contributed by atoms with Crippen LogP contribution < -0.4 is 14.8 Å². The van der Waals surface area contributed by atoms with Crippen molar-refractivity contribution in [2.45, 2.75) is 0 Å². The number of para-hydroxylation sites is 2. The van der Waals surface area contributed by atoms with E-state index in [2.05, 4.69) is 5.32 Å². The van der Waals surface area contributed by atoms with E-state index in [0.29, 0.717) is 33.5 Å². The summed E-state index contributed by atoms with van der Waals surface area (Å²) in [5, 5.41) is 3.18. The molecule has 154 valence electrons. The van der Waals surface area contributed by atoms with Crippen molar-refractivity contribution >= 4 is 29.1 Å². The van der Waals surface area contributed by atoms with Crippen molar-refractivity contribution in [1.29, 1.82) is 0 Å². The molecule has 0 unspecified atom stereocenters. The van der Waals surface area contributed by atoms with Crippen molar-refractivity contribution in [2.24, 2.45) is 0 Å². The number of hydrogen-bond donors (Lipinski definition) is 1. The van der Waals surface area contributed by atoms with Crippen molar-refractivity contribution in [3.63, 3.8) is 0 Å². The van der Waals surface area contributed by atoms with Crippen LogP contribution in [0.3, 0.4) is 0 Å². The van der Waals surface area contributed by atoms with E-state index in [1.807, 2.05) is 18.2 Å². The summed E-state index contributed by atoms with van der Waals surface area (Å²) in [4.78, 5) is 26.7. The van der Waals surface area contributed by atoms with Crippen molar-refractivity contribution in [1.82, 2.24) is 4.90 Å². The summed E-state index contributed by atoms with van der Waals surface area (Å²) in [6, 6.07) is 21.0. The van der Waals surface area contributed by atoms with E-state index in [-0.39, 0.29) is 18.4 Å². The van der Waals surface area contributed by atoms with Gasteiger partial charge in [0.05, 0.1) is 24.9 Å². The Morgan fingerprint density at radius 3 is 2.40 bits per heavy atom. The number of anilines is 1. The highest BCUT2D eigenvalue weighted by atomic mass is 35.5. The lowest BCUT2D eigenvalue weighted by atomic mass is 10.1. The molecule has 6 nitrogen and oxygen atoms in total. The lowest BCUT2D eigenvalue weighted by molar-refractivity contribution is -0.116. The lowest BCUT2D eigenvalue weighted by Gasteiger charge is -2.19. The molecule has 3 aromatic carbocycles. The molecule has 0 atom stereocenters. The summed E-state index contributed by atoms with van der Waals surface area (Å²) >= 11 is 5.99. The highest BCUT2D eigenvalue weighted by Gasteiger charge is 2.20. The van der Waals surface area contributed by atoms with Crippen LogP contribution in [-0.4, -0.2) is 37.4 Å². The monoisotopic (exact) mass is 424 g/mol. The third kappa shape index (κ3) is 5.30. The number of rotatable bonds is 7. The zero-order valence-corrected chi connectivity index (χ0v) is 17.3. The normalized spacial score (nSPS) is 10.2. The third-order valence-electron chi connectivity index (χ3n) is 4.25. The SMILES string of the molecule is COc1ccc(Cl)cc1NC(=O)CN(C)C(=O)c1ccccc1Oc1ccccc1. The van der Waals surface area contributed by atoms with Crippen molar-refractivity contribution in [3.05, 3.63) is 83.4 Å². The predicted molar refractivity (Wildman–Crippen MR) is 117 cm³/mol. The average Bonchev–Trinajstić information content (AvgIpc) is 2.74. The van der Waals surface area contributed by atoms with E-state index < -0.39 is 0 Å². The number of nitrogens with zero attached hydrogens (tertiary/aromatic N) is 1. The number of hydrogen-bond acceptors (Lipinski definition) is 4. The number of halogens is 1. The number of nitrogens with one attached hydrogen (secondary N) is 1. The van der Waals surface area contributed by atoms with Gasteiger partial charge >= 0.3 is 0 Å². The molecule has 3 rings (SSSR count). The molecule has 0 aliphatic carbocycles. The van der Waals surface area contributed by atoms with E-state index in [1.54, 1.807) is 61.6 Å². The van der Waals surface area contributed by atoms with E-state index in [4.69, 9.17) is 21.1 Å². The first kappa shape index (κ1) is 21.2. The second-order valence-corrected chi connectivity index (χ2v) is 6.90. The van der Waals surface area contributed by atoms with Crippen LogP contribution in [0, 0.1) is 0 Å². The minimum absolute atomic E-state index is 0.159. The predicted octanol–water partition coefficient (Wildman–Crippen LogP) is 4.85. The topological polar surface area (TPSA) is 67.9 Å². The zero-order valence-electron chi connectivity index (χ0n) is 16.6. The quantitative estimate of drug-likeness (QED) is 0.588. The second kappa shape index (κ2) is 9.80. The summed E-state index contributed by atoms with van der Waals surface area (Å²) in [5.41, 5.74) is 0.792. The molecule has 0 fully saturated rings. The van der Waals surface area contributed by atoms with Crippen molar-refractivity contribution in [2.75, 3.05) is 26.0 Å². The van der Waals surface area contributed by atoms with Gasteiger partial charge in [-0.2, -0.15) is 0 Å². The standard InChI is InChI=1S/C23H21ClN2O4/c1-26(15-22(27)25-19-14-16(24)12-13-21(19)29-2)23(28)18-10-6-7-11-20(18)30-17-8-4-3-5-9-17/h3-14H,15H2,1-2H3,(H,25,27). The molecule has 2 amide bonds. The fourth-order valence-corrected chi connectivity index (χ4v) is 2.98. The number of carbonyl (C=O) groups is 2. The highest BCUT2D eigenvalue weighted by molar-refractivity contribution is 6.31. The van der Waals surface area contributed by atoms with Crippen LogP contribution in [0.5, 0.6) is 17.2 Å². The molecule has 0 spiro atoms. The largest absolute Gasteiger partial charge is 0.495 e. The molecule has 3 aromatic rings. The minimum atomic E-state index is -0.382. The van der Waals surface area contributed by atoms with Gasteiger partial charge in [0.15, 0.2) is 0 Å². The van der Waals surface area contributed by atoms with E-state index >= 15 is 0 Å². The Hall–Kier alpha value is -3.51. The van der Waals surface area contributed by atoms with Gasteiger partial charge in [-0.3, -0.25) is 9.59 Å². The Bertz CT molecular complexity index is 1040. The first-order chi connectivity index (χ1) is 14.5. The summed E-state index contributed by atoms with van der Waals surface area (Å²) in [5.74, 6) is 0.787. The molecule has 0 aliphatic rings. The number of methoxy groups -OCH3 is 1. The van der Waals surface area contributed by atoms with Gasteiger partial charge in [0.1, 0.15) is 17.2 Å². The van der Waals surface area contributed by atoms with Crippen LogP contribution in [0.15, 0.2) is 72.8 Å². The molecule has 0 aromatic heterocycles. The molecule has 0 radical (unpaired) electrons. The molecule has 0 heterocycles. The Kier molecular flexibility index (Phi) is 6.93.